The number of primary amides is 1. The molecule has 4 N–H and O–H groups in total. The van der Waals surface area contributed by atoms with Gasteiger partial charge >= 0.3 is 0 Å². The number of hydrogen-bond donors (Lipinski definition) is 3. The Bertz CT molecular complexity index is 1180. The molecule has 0 bridgehead atoms. The first kappa shape index (κ1) is 22.1. The fourth-order valence-corrected chi connectivity index (χ4v) is 3.61. The van der Waals surface area contributed by atoms with Crippen molar-refractivity contribution in [1.29, 1.82) is 0 Å². The number of benzene rings is 2. The van der Waals surface area contributed by atoms with Crippen molar-refractivity contribution in [2.45, 2.75) is 0 Å². The van der Waals surface area contributed by atoms with E-state index in [-0.39, 0.29) is 17.1 Å². The second kappa shape index (κ2) is 9.92. The van der Waals surface area contributed by atoms with E-state index in [0.29, 0.717) is 40.5 Å². The number of phenolic OH excluding ortho intramolecular Hbond substituents is 1. The quantitative estimate of drug-likeness (QED) is 0.363. The summed E-state index contributed by atoms with van der Waals surface area (Å²) in [5, 5.41) is 26.1. The molecule has 0 aliphatic heterocycles. The Labute approximate surface area is 182 Å². The van der Waals surface area contributed by atoms with Crippen molar-refractivity contribution in [1.82, 2.24) is 4.68 Å². The average Bonchev–Trinajstić information content (AvgIpc) is 3.16. The first-order valence-electron chi connectivity index (χ1n) is 9.19. The van der Waals surface area contributed by atoms with Gasteiger partial charge in [-0.3, -0.25) is 9.79 Å². The van der Waals surface area contributed by atoms with Crippen molar-refractivity contribution in [3.63, 3.8) is 0 Å². The Balaban J connectivity index is 2.09. The number of ether oxygens (including phenoxy) is 2. The highest BCUT2D eigenvalue weighted by molar-refractivity contribution is 7.07. The van der Waals surface area contributed by atoms with Crippen LogP contribution in [0.15, 0.2) is 51.9 Å². The summed E-state index contributed by atoms with van der Waals surface area (Å²) in [5.74, 6) is -0.565. The zero-order valence-corrected chi connectivity index (χ0v) is 17.8. The average molecular weight is 442 g/mol. The maximum Gasteiger partial charge on any atom is 0.252 e. The molecule has 0 saturated carbocycles. The molecule has 0 saturated heterocycles. The van der Waals surface area contributed by atoms with Crippen molar-refractivity contribution in [3.05, 3.63) is 57.7 Å². The van der Waals surface area contributed by atoms with Crippen LogP contribution in [0.1, 0.15) is 15.9 Å². The van der Waals surface area contributed by atoms with Gasteiger partial charge < -0.3 is 25.4 Å². The zero-order chi connectivity index (χ0) is 22.4. The molecular formula is C21H22N4O5S. The number of carbonyl (C=O) groups excluding carboxylic acids is 1. The molecule has 1 heterocycles. The molecule has 0 aliphatic rings. The molecule has 162 valence electrons. The lowest BCUT2D eigenvalue weighted by Crippen LogP contribution is -2.14. The van der Waals surface area contributed by atoms with Crippen LogP contribution in [0.2, 0.25) is 0 Å². The van der Waals surface area contributed by atoms with Gasteiger partial charge in [-0.2, -0.15) is 5.10 Å². The van der Waals surface area contributed by atoms with Crippen molar-refractivity contribution >= 4 is 23.5 Å². The Hall–Kier alpha value is -3.63. The molecule has 2 aromatic carbocycles. The lowest BCUT2D eigenvalue weighted by atomic mass is 10.1. The Morgan fingerprint density at radius 3 is 2.68 bits per heavy atom. The lowest BCUT2D eigenvalue weighted by molar-refractivity contribution is 0.0998. The second-order valence-electron chi connectivity index (χ2n) is 6.36. The third-order valence-electron chi connectivity index (χ3n) is 4.31. The largest absolute Gasteiger partial charge is 0.507 e. The van der Waals surface area contributed by atoms with E-state index >= 15 is 0 Å². The molecule has 31 heavy (non-hydrogen) atoms. The maximum atomic E-state index is 11.6. The SMILES string of the molecule is COCCN=c1scc(-c2ccc(O)c(C(N)=O)c2)n1/N=C\c1ccc(O)c(OC)c1. The van der Waals surface area contributed by atoms with Crippen LogP contribution in [0.3, 0.4) is 0 Å². The fourth-order valence-electron chi connectivity index (χ4n) is 2.74. The summed E-state index contributed by atoms with van der Waals surface area (Å²) in [6, 6.07) is 9.45. The van der Waals surface area contributed by atoms with Crippen molar-refractivity contribution < 1.29 is 24.5 Å². The van der Waals surface area contributed by atoms with E-state index in [2.05, 4.69) is 10.1 Å². The fraction of sp³-hybridized carbons (Fsp3) is 0.190. The van der Waals surface area contributed by atoms with Gasteiger partial charge in [-0.15, -0.1) is 11.3 Å². The predicted octanol–water partition coefficient (Wildman–Crippen LogP) is 2.16. The first-order chi connectivity index (χ1) is 14.9. The van der Waals surface area contributed by atoms with E-state index in [0.717, 1.165) is 0 Å². The van der Waals surface area contributed by atoms with Crippen LogP contribution in [0, 0.1) is 0 Å². The van der Waals surface area contributed by atoms with Crippen LogP contribution in [-0.2, 0) is 4.74 Å². The normalized spacial score (nSPS) is 11.9. The summed E-state index contributed by atoms with van der Waals surface area (Å²) in [5.41, 5.74) is 7.37. The molecule has 0 aliphatic carbocycles. The van der Waals surface area contributed by atoms with Crippen LogP contribution >= 0.6 is 11.3 Å². The van der Waals surface area contributed by atoms with Crippen molar-refractivity contribution in [3.8, 4) is 28.5 Å². The third-order valence-corrected chi connectivity index (χ3v) is 5.17. The molecule has 10 heteroatoms. The minimum atomic E-state index is -0.731. The summed E-state index contributed by atoms with van der Waals surface area (Å²) in [6.45, 7) is 0.901. The molecule has 1 amide bonds. The van der Waals surface area contributed by atoms with Gasteiger partial charge in [-0.05, 0) is 42.0 Å². The number of carbonyl (C=O) groups is 1. The number of amides is 1. The summed E-state index contributed by atoms with van der Waals surface area (Å²) in [7, 11) is 3.07. The van der Waals surface area contributed by atoms with E-state index in [1.54, 1.807) is 36.2 Å². The van der Waals surface area contributed by atoms with Gasteiger partial charge in [0.15, 0.2) is 11.5 Å². The number of hydrogen-bond acceptors (Lipinski definition) is 8. The van der Waals surface area contributed by atoms with Crippen LogP contribution < -0.4 is 15.3 Å². The van der Waals surface area contributed by atoms with Gasteiger partial charge in [0.05, 0.1) is 37.7 Å². The van der Waals surface area contributed by atoms with E-state index < -0.39 is 5.91 Å². The second-order valence-corrected chi connectivity index (χ2v) is 7.20. The summed E-state index contributed by atoms with van der Waals surface area (Å²) >= 11 is 1.37. The molecule has 0 atom stereocenters. The van der Waals surface area contributed by atoms with Crippen LogP contribution in [0.25, 0.3) is 11.3 Å². The number of nitrogens with zero attached hydrogens (tertiary/aromatic N) is 3. The number of nitrogens with two attached hydrogens (primary N) is 1. The van der Waals surface area contributed by atoms with Gasteiger partial charge in [-0.25, -0.2) is 4.68 Å². The van der Waals surface area contributed by atoms with E-state index in [9.17, 15) is 15.0 Å². The topological polar surface area (TPSA) is 132 Å². The Kier molecular flexibility index (Phi) is 7.06. The minimum absolute atomic E-state index is 0.0142. The molecule has 9 nitrogen and oxygen atoms in total. The summed E-state index contributed by atoms with van der Waals surface area (Å²) in [6.07, 6.45) is 1.60. The first-order valence-corrected chi connectivity index (χ1v) is 10.1. The Morgan fingerprint density at radius 1 is 1.19 bits per heavy atom. The summed E-state index contributed by atoms with van der Waals surface area (Å²) in [4.78, 5) is 16.8. The minimum Gasteiger partial charge on any atom is -0.507 e. The van der Waals surface area contributed by atoms with Crippen molar-refractivity contribution in [2.75, 3.05) is 27.4 Å². The standard InChI is InChI=1S/C21H22N4O5S/c1-29-8-7-23-21-25(24-11-13-3-5-18(27)19(9-13)30-2)16(12-31-21)14-4-6-17(26)15(10-14)20(22)28/h3-6,9-12,26-27H,7-8H2,1-2H3,(H2,22,28)/b23-21?,24-11-. The highest BCUT2D eigenvalue weighted by atomic mass is 32.1. The molecule has 0 spiro atoms. The summed E-state index contributed by atoms with van der Waals surface area (Å²) < 4.78 is 11.8. The number of aromatic nitrogens is 1. The van der Waals surface area contributed by atoms with Gasteiger partial charge in [-0.1, -0.05) is 0 Å². The van der Waals surface area contributed by atoms with Gasteiger partial charge in [0, 0.05) is 18.1 Å². The van der Waals surface area contributed by atoms with Gasteiger partial charge in [0.25, 0.3) is 5.91 Å². The number of rotatable bonds is 8. The predicted molar refractivity (Wildman–Crippen MR) is 118 cm³/mol. The smallest absolute Gasteiger partial charge is 0.252 e. The van der Waals surface area contributed by atoms with E-state index in [1.807, 2.05) is 5.38 Å². The zero-order valence-electron chi connectivity index (χ0n) is 17.0. The van der Waals surface area contributed by atoms with Gasteiger partial charge in [0.1, 0.15) is 5.75 Å². The van der Waals surface area contributed by atoms with Crippen molar-refractivity contribution in [2.24, 2.45) is 15.8 Å². The van der Waals surface area contributed by atoms with Crippen LogP contribution in [0.5, 0.6) is 17.2 Å². The van der Waals surface area contributed by atoms with E-state index in [1.165, 1.54) is 36.6 Å². The number of methoxy groups -OCH3 is 2. The number of phenols is 2. The molecule has 0 fully saturated rings. The monoisotopic (exact) mass is 442 g/mol. The third kappa shape index (κ3) is 5.11. The molecule has 3 aromatic rings. The molecule has 3 rings (SSSR count). The molecule has 1 aromatic heterocycles. The lowest BCUT2D eigenvalue weighted by Gasteiger charge is -2.07. The van der Waals surface area contributed by atoms with E-state index in [4.69, 9.17) is 15.2 Å². The molecular weight excluding hydrogens is 420 g/mol. The van der Waals surface area contributed by atoms with Crippen LogP contribution in [-0.4, -0.2) is 54.4 Å². The Morgan fingerprint density at radius 2 is 1.97 bits per heavy atom. The van der Waals surface area contributed by atoms with Crippen LogP contribution in [0.4, 0.5) is 0 Å². The molecule has 0 radical (unpaired) electrons. The molecule has 0 unspecified atom stereocenters. The highest BCUT2D eigenvalue weighted by Gasteiger charge is 2.13. The van der Waals surface area contributed by atoms with Gasteiger partial charge in [0.2, 0.25) is 4.80 Å². The highest BCUT2D eigenvalue weighted by Crippen LogP contribution is 2.27. The number of aromatic hydroxyl groups is 2. The maximum absolute atomic E-state index is 11.6. The number of thiazole rings is 1.